The van der Waals surface area contributed by atoms with Gasteiger partial charge in [0, 0.05) is 22.7 Å². The number of rotatable bonds is 3. The highest BCUT2D eigenvalue weighted by molar-refractivity contribution is 6.19. The van der Waals surface area contributed by atoms with E-state index in [1.807, 2.05) is 0 Å². The third kappa shape index (κ3) is 2.63. The number of nitrogens with zero attached hydrogens (tertiary/aromatic N) is 1. The molecule has 0 aliphatic carbocycles. The molecule has 0 unspecified atom stereocenters. The van der Waals surface area contributed by atoms with Gasteiger partial charge in [-0.3, -0.25) is 4.79 Å². The number of fused-ring (bicyclic) bond motifs is 1. The molecule has 130 valence electrons. The highest BCUT2D eigenvalue weighted by Crippen LogP contribution is 2.27. The van der Waals surface area contributed by atoms with Crippen molar-refractivity contribution in [1.82, 2.24) is 4.98 Å². The summed E-state index contributed by atoms with van der Waals surface area (Å²) in [6.07, 6.45) is 1.64. The number of aromatic nitrogens is 1. The molecular formula is C18H7F5N2O. The number of halogens is 5. The van der Waals surface area contributed by atoms with Gasteiger partial charge in [-0.1, -0.05) is 18.2 Å². The number of hydrogen-bond donors (Lipinski definition) is 1. The molecule has 0 saturated carbocycles. The Balaban J connectivity index is 2.16. The zero-order chi connectivity index (χ0) is 19.0. The van der Waals surface area contributed by atoms with Crippen molar-refractivity contribution in [1.29, 1.82) is 5.26 Å². The summed E-state index contributed by atoms with van der Waals surface area (Å²) in [6, 6.07) is 8.00. The van der Waals surface area contributed by atoms with Gasteiger partial charge in [0.2, 0.25) is 11.6 Å². The van der Waals surface area contributed by atoms with Gasteiger partial charge in [-0.05, 0) is 12.1 Å². The number of H-pyrrole nitrogens is 1. The summed E-state index contributed by atoms with van der Waals surface area (Å²) in [7, 11) is 0. The summed E-state index contributed by atoms with van der Waals surface area (Å²) in [6.45, 7) is 0. The summed E-state index contributed by atoms with van der Waals surface area (Å²) in [4.78, 5) is 15.3. The van der Waals surface area contributed by atoms with Crippen LogP contribution in [0.1, 0.15) is 15.9 Å². The van der Waals surface area contributed by atoms with Gasteiger partial charge in [0.1, 0.15) is 11.6 Å². The topological polar surface area (TPSA) is 56.6 Å². The van der Waals surface area contributed by atoms with E-state index in [0.717, 1.165) is 0 Å². The fraction of sp³-hybridized carbons (Fsp3) is 0. The third-order valence-corrected chi connectivity index (χ3v) is 3.73. The number of ketones is 1. The first-order valence-corrected chi connectivity index (χ1v) is 7.10. The van der Waals surface area contributed by atoms with Gasteiger partial charge >= 0.3 is 0 Å². The highest BCUT2D eigenvalue weighted by Gasteiger charge is 2.26. The molecule has 8 heteroatoms. The van der Waals surface area contributed by atoms with Crippen molar-refractivity contribution in [2.45, 2.75) is 0 Å². The molecule has 1 N–H and O–H groups in total. The van der Waals surface area contributed by atoms with E-state index in [0.29, 0.717) is 17.0 Å². The van der Waals surface area contributed by atoms with Crippen LogP contribution in [0.25, 0.3) is 17.0 Å². The summed E-state index contributed by atoms with van der Waals surface area (Å²) in [5.74, 6) is -11.8. The van der Waals surface area contributed by atoms with E-state index < -0.39 is 46.0 Å². The highest BCUT2D eigenvalue weighted by atomic mass is 19.2. The second-order valence-corrected chi connectivity index (χ2v) is 5.23. The van der Waals surface area contributed by atoms with Gasteiger partial charge < -0.3 is 4.98 Å². The molecule has 0 amide bonds. The minimum atomic E-state index is -2.32. The normalized spacial score (nSPS) is 11.6. The van der Waals surface area contributed by atoms with E-state index in [1.165, 1.54) is 12.3 Å². The number of nitriles is 1. The van der Waals surface area contributed by atoms with Crippen LogP contribution in [0.5, 0.6) is 0 Å². The van der Waals surface area contributed by atoms with Gasteiger partial charge in [0.25, 0.3) is 0 Å². The molecule has 0 saturated heterocycles. The molecule has 0 spiro atoms. The molecule has 0 fully saturated rings. The minimum Gasteiger partial charge on any atom is -0.360 e. The quantitative estimate of drug-likeness (QED) is 0.184. The van der Waals surface area contributed by atoms with Gasteiger partial charge in [0.05, 0.1) is 5.56 Å². The number of Topliss-reactive ketones (excluding diaryl/α,β-unsaturated/α-hetero) is 1. The van der Waals surface area contributed by atoms with E-state index >= 15 is 0 Å². The van der Waals surface area contributed by atoms with Crippen molar-refractivity contribution in [3.05, 3.63) is 76.2 Å². The van der Waals surface area contributed by atoms with Crippen LogP contribution < -0.4 is 0 Å². The molecule has 2 aromatic carbocycles. The van der Waals surface area contributed by atoms with Crippen LogP contribution in [0.4, 0.5) is 22.0 Å². The molecule has 1 aromatic heterocycles. The van der Waals surface area contributed by atoms with Gasteiger partial charge in [-0.15, -0.1) is 0 Å². The summed E-state index contributed by atoms with van der Waals surface area (Å²) in [5.41, 5.74) is -1.54. The maximum absolute atomic E-state index is 13.8. The van der Waals surface area contributed by atoms with Crippen LogP contribution in [0.15, 0.2) is 36.0 Å². The largest absolute Gasteiger partial charge is 0.360 e. The Bertz CT molecular complexity index is 1100. The fourth-order valence-electron chi connectivity index (χ4n) is 2.45. The lowest BCUT2D eigenvalue weighted by Gasteiger charge is -2.05. The number of aromatic amines is 1. The van der Waals surface area contributed by atoms with Crippen LogP contribution in [0, 0.1) is 40.4 Å². The first kappa shape index (κ1) is 17.4. The van der Waals surface area contributed by atoms with Crippen LogP contribution in [0.3, 0.4) is 0 Å². The molecule has 1 heterocycles. The van der Waals surface area contributed by atoms with Crippen molar-refractivity contribution >= 4 is 22.8 Å². The zero-order valence-electron chi connectivity index (χ0n) is 12.7. The third-order valence-electron chi connectivity index (χ3n) is 3.73. The van der Waals surface area contributed by atoms with E-state index in [9.17, 15) is 26.7 Å². The maximum atomic E-state index is 13.8. The number of nitrogens with one attached hydrogen (secondary N) is 1. The monoisotopic (exact) mass is 362 g/mol. The molecule has 0 radical (unpaired) electrons. The summed E-state index contributed by atoms with van der Waals surface area (Å²) < 4.78 is 67.2. The van der Waals surface area contributed by atoms with Crippen LogP contribution >= 0.6 is 0 Å². The molecule has 0 bridgehead atoms. The van der Waals surface area contributed by atoms with Crippen LogP contribution in [-0.4, -0.2) is 10.8 Å². The number of carbonyl (C=O) groups excluding carboxylic acids is 1. The molecule has 0 aliphatic heterocycles. The summed E-state index contributed by atoms with van der Waals surface area (Å²) in [5, 5.41) is 9.59. The lowest BCUT2D eigenvalue weighted by Crippen LogP contribution is -2.06. The smallest absolute Gasteiger partial charge is 0.205 e. The summed E-state index contributed by atoms with van der Waals surface area (Å²) >= 11 is 0. The zero-order valence-corrected chi connectivity index (χ0v) is 12.7. The molecule has 3 rings (SSSR count). The van der Waals surface area contributed by atoms with E-state index in [2.05, 4.69) is 4.98 Å². The molecule has 3 nitrogen and oxygen atoms in total. The molecule has 0 aliphatic rings. The molecular weight excluding hydrogens is 355 g/mol. The number of para-hydroxylation sites is 1. The predicted octanol–water partition coefficient (Wildman–Crippen LogP) is 4.65. The van der Waals surface area contributed by atoms with Crippen molar-refractivity contribution < 1.29 is 26.7 Å². The van der Waals surface area contributed by atoms with Crippen molar-refractivity contribution in [2.75, 3.05) is 0 Å². The first-order chi connectivity index (χ1) is 12.4. The van der Waals surface area contributed by atoms with Gasteiger partial charge in [0.15, 0.2) is 23.3 Å². The van der Waals surface area contributed by atoms with E-state index in [1.54, 1.807) is 24.3 Å². The van der Waals surface area contributed by atoms with E-state index in [4.69, 9.17) is 5.26 Å². The number of hydrogen-bond acceptors (Lipinski definition) is 2. The van der Waals surface area contributed by atoms with E-state index in [-0.39, 0.29) is 5.56 Å². The maximum Gasteiger partial charge on any atom is 0.205 e. The Morgan fingerprint density at radius 1 is 0.962 bits per heavy atom. The standard InChI is InChI=1S/C18H7F5N2O/c19-13-10(14(20)16(22)17(23)15(13)21)5-8(6-24)18(26)11-7-25-12-4-2-1-3-9(11)12/h1-5,7,25H/b8-5+. The van der Waals surface area contributed by atoms with Crippen LogP contribution in [-0.2, 0) is 0 Å². The SMILES string of the molecule is N#C/C(=C\c1c(F)c(F)c(F)c(F)c1F)C(=O)c1c[nH]c2ccccc12. The van der Waals surface area contributed by atoms with Crippen molar-refractivity contribution in [3.8, 4) is 6.07 Å². The Kier molecular flexibility index (Phi) is 4.30. The van der Waals surface area contributed by atoms with Crippen molar-refractivity contribution in [3.63, 3.8) is 0 Å². The Labute approximate surface area is 143 Å². The lowest BCUT2D eigenvalue weighted by atomic mass is 10.0. The second kappa shape index (κ2) is 6.44. The average molecular weight is 362 g/mol. The lowest BCUT2D eigenvalue weighted by molar-refractivity contribution is 0.104. The average Bonchev–Trinajstić information content (AvgIpc) is 3.08. The minimum absolute atomic E-state index is 0.0253. The number of allylic oxidation sites excluding steroid dienone is 1. The van der Waals surface area contributed by atoms with Crippen molar-refractivity contribution in [2.24, 2.45) is 0 Å². The molecule has 26 heavy (non-hydrogen) atoms. The first-order valence-electron chi connectivity index (χ1n) is 7.10. The Hall–Kier alpha value is -3.47. The second-order valence-electron chi connectivity index (χ2n) is 5.23. The number of carbonyl (C=O) groups is 1. The Morgan fingerprint density at radius 2 is 1.54 bits per heavy atom. The molecule has 0 atom stereocenters. The van der Waals surface area contributed by atoms with Gasteiger partial charge in [-0.25, -0.2) is 22.0 Å². The number of benzene rings is 2. The van der Waals surface area contributed by atoms with Gasteiger partial charge in [-0.2, -0.15) is 5.26 Å². The fourth-order valence-corrected chi connectivity index (χ4v) is 2.45. The Morgan fingerprint density at radius 3 is 2.15 bits per heavy atom. The molecule has 3 aromatic rings. The van der Waals surface area contributed by atoms with Crippen LogP contribution in [0.2, 0.25) is 0 Å². The predicted molar refractivity (Wildman–Crippen MR) is 82.5 cm³/mol.